The van der Waals surface area contributed by atoms with Gasteiger partial charge in [0.15, 0.2) is 0 Å². The van der Waals surface area contributed by atoms with Crippen LogP contribution in [-0.2, 0) is 12.7 Å². The number of hydrogen-bond donors (Lipinski definition) is 2. The molecule has 0 aliphatic rings. The van der Waals surface area contributed by atoms with Gasteiger partial charge in [-0.15, -0.1) is 0 Å². The molecule has 0 amide bonds. The number of phenols is 1. The first-order valence-electron chi connectivity index (χ1n) is 5.85. The average Bonchev–Trinajstić information content (AvgIpc) is 2.40. The standard InChI is InChI=1S/C14H10BrClF3NO/c15-9-1-4-13(21)8(5-9)7-20-10-2-3-12(16)11(6-10)14(17,18)19/h1-6,20-21H,7H2. The Hall–Kier alpha value is -1.40. The second kappa shape index (κ2) is 6.15. The molecule has 0 fully saturated rings. The third-order valence-electron chi connectivity index (χ3n) is 2.80. The molecule has 0 saturated heterocycles. The molecule has 2 aromatic carbocycles. The number of anilines is 1. The second-order valence-corrected chi connectivity index (χ2v) is 5.64. The fourth-order valence-corrected chi connectivity index (χ4v) is 2.38. The predicted octanol–water partition coefficient (Wildman–Crippen LogP) is 5.44. The van der Waals surface area contributed by atoms with Gasteiger partial charge in [0.25, 0.3) is 0 Å². The Morgan fingerprint density at radius 3 is 2.52 bits per heavy atom. The lowest BCUT2D eigenvalue weighted by atomic mass is 10.1. The van der Waals surface area contributed by atoms with Crippen molar-refractivity contribution in [2.45, 2.75) is 12.7 Å². The summed E-state index contributed by atoms with van der Waals surface area (Å²) < 4.78 is 39.0. The average molecular weight is 381 g/mol. The molecule has 0 aliphatic heterocycles. The van der Waals surface area contributed by atoms with Crippen LogP contribution in [0.15, 0.2) is 40.9 Å². The summed E-state index contributed by atoms with van der Waals surface area (Å²) in [4.78, 5) is 0. The lowest BCUT2D eigenvalue weighted by Crippen LogP contribution is -2.07. The van der Waals surface area contributed by atoms with E-state index in [0.29, 0.717) is 5.56 Å². The molecule has 0 aromatic heterocycles. The summed E-state index contributed by atoms with van der Waals surface area (Å²) in [6, 6.07) is 8.44. The monoisotopic (exact) mass is 379 g/mol. The number of rotatable bonds is 3. The number of halogens is 5. The maximum absolute atomic E-state index is 12.8. The van der Waals surface area contributed by atoms with Gasteiger partial charge in [0.1, 0.15) is 5.75 Å². The van der Waals surface area contributed by atoms with Crippen molar-refractivity contribution in [2.75, 3.05) is 5.32 Å². The highest BCUT2D eigenvalue weighted by atomic mass is 79.9. The molecule has 0 heterocycles. The first kappa shape index (κ1) is 16.0. The maximum Gasteiger partial charge on any atom is 0.417 e. The molecule has 0 saturated carbocycles. The highest BCUT2D eigenvalue weighted by molar-refractivity contribution is 9.10. The van der Waals surface area contributed by atoms with Gasteiger partial charge in [-0.05, 0) is 36.4 Å². The minimum Gasteiger partial charge on any atom is -0.508 e. The molecule has 0 atom stereocenters. The molecule has 0 radical (unpaired) electrons. The van der Waals surface area contributed by atoms with Gasteiger partial charge in [-0.2, -0.15) is 13.2 Å². The quantitative estimate of drug-likeness (QED) is 0.743. The molecule has 2 aromatic rings. The predicted molar refractivity (Wildman–Crippen MR) is 79.6 cm³/mol. The van der Waals surface area contributed by atoms with Crippen LogP contribution in [0, 0.1) is 0 Å². The largest absolute Gasteiger partial charge is 0.508 e. The van der Waals surface area contributed by atoms with E-state index in [1.165, 1.54) is 18.2 Å². The van der Waals surface area contributed by atoms with E-state index < -0.39 is 11.7 Å². The third-order valence-corrected chi connectivity index (χ3v) is 3.62. The SMILES string of the molecule is Oc1ccc(Br)cc1CNc1ccc(Cl)c(C(F)(F)F)c1. The van der Waals surface area contributed by atoms with Crippen LogP contribution < -0.4 is 5.32 Å². The van der Waals surface area contributed by atoms with E-state index in [2.05, 4.69) is 21.2 Å². The minimum absolute atomic E-state index is 0.0655. The Morgan fingerprint density at radius 1 is 1.14 bits per heavy atom. The van der Waals surface area contributed by atoms with Gasteiger partial charge in [-0.1, -0.05) is 27.5 Å². The van der Waals surface area contributed by atoms with E-state index in [-0.39, 0.29) is 23.0 Å². The number of hydrogen-bond acceptors (Lipinski definition) is 2. The van der Waals surface area contributed by atoms with E-state index in [0.717, 1.165) is 10.5 Å². The molecular weight excluding hydrogens is 371 g/mol. The number of aromatic hydroxyl groups is 1. The van der Waals surface area contributed by atoms with Crippen LogP contribution in [-0.4, -0.2) is 5.11 Å². The summed E-state index contributed by atoms with van der Waals surface area (Å²) in [7, 11) is 0. The summed E-state index contributed by atoms with van der Waals surface area (Å²) in [5.74, 6) is 0.0655. The van der Waals surface area contributed by atoms with Gasteiger partial charge < -0.3 is 10.4 Å². The van der Waals surface area contributed by atoms with Crippen LogP contribution in [0.1, 0.15) is 11.1 Å². The molecule has 112 valence electrons. The van der Waals surface area contributed by atoms with Crippen molar-refractivity contribution in [2.24, 2.45) is 0 Å². The van der Waals surface area contributed by atoms with Gasteiger partial charge in [0.05, 0.1) is 10.6 Å². The smallest absolute Gasteiger partial charge is 0.417 e. The summed E-state index contributed by atoms with van der Waals surface area (Å²) >= 11 is 8.81. The Kier molecular flexibility index (Phi) is 4.68. The Bertz CT molecular complexity index is 661. The Balaban J connectivity index is 2.19. The van der Waals surface area contributed by atoms with Crippen LogP contribution in [0.3, 0.4) is 0 Å². The second-order valence-electron chi connectivity index (χ2n) is 4.32. The molecule has 0 spiro atoms. The summed E-state index contributed by atoms with van der Waals surface area (Å²) in [6.07, 6.45) is -4.51. The molecule has 0 unspecified atom stereocenters. The summed E-state index contributed by atoms with van der Waals surface area (Å²) in [5, 5.41) is 12.2. The van der Waals surface area contributed by atoms with E-state index in [9.17, 15) is 18.3 Å². The van der Waals surface area contributed by atoms with E-state index in [1.54, 1.807) is 12.1 Å². The third kappa shape index (κ3) is 4.04. The zero-order valence-electron chi connectivity index (χ0n) is 10.5. The summed E-state index contributed by atoms with van der Waals surface area (Å²) in [5.41, 5.74) is -0.0633. The minimum atomic E-state index is -4.51. The highest BCUT2D eigenvalue weighted by Gasteiger charge is 2.33. The van der Waals surface area contributed by atoms with Crippen LogP contribution >= 0.6 is 27.5 Å². The number of nitrogens with one attached hydrogen (secondary N) is 1. The highest BCUT2D eigenvalue weighted by Crippen LogP contribution is 2.36. The Morgan fingerprint density at radius 2 is 1.86 bits per heavy atom. The van der Waals surface area contributed by atoms with Crippen molar-refractivity contribution < 1.29 is 18.3 Å². The van der Waals surface area contributed by atoms with Crippen molar-refractivity contribution in [3.05, 3.63) is 57.0 Å². The summed E-state index contributed by atoms with van der Waals surface area (Å²) in [6.45, 7) is 0.185. The van der Waals surface area contributed by atoms with E-state index >= 15 is 0 Å². The van der Waals surface area contributed by atoms with Gasteiger partial charge in [0, 0.05) is 22.3 Å². The fourth-order valence-electron chi connectivity index (χ4n) is 1.75. The molecule has 0 bridgehead atoms. The number of phenolic OH excluding ortho intramolecular Hbond substituents is 1. The van der Waals surface area contributed by atoms with Crippen LogP contribution in [0.25, 0.3) is 0 Å². The molecule has 7 heteroatoms. The van der Waals surface area contributed by atoms with Crippen molar-refractivity contribution in [1.29, 1.82) is 0 Å². The normalized spacial score (nSPS) is 11.5. The molecule has 21 heavy (non-hydrogen) atoms. The van der Waals surface area contributed by atoms with Crippen molar-refractivity contribution in [3.63, 3.8) is 0 Å². The van der Waals surface area contributed by atoms with Gasteiger partial charge in [0.2, 0.25) is 0 Å². The number of benzene rings is 2. The van der Waals surface area contributed by atoms with Crippen molar-refractivity contribution >= 4 is 33.2 Å². The van der Waals surface area contributed by atoms with Gasteiger partial charge in [-0.25, -0.2) is 0 Å². The first-order valence-corrected chi connectivity index (χ1v) is 7.02. The van der Waals surface area contributed by atoms with Crippen molar-refractivity contribution in [3.8, 4) is 5.75 Å². The van der Waals surface area contributed by atoms with E-state index in [4.69, 9.17) is 11.6 Å². The topological polar surface area (TPSA) is 32.3 Å². The zero-order valence-corrected chi connectivity index (χ0v) is 12.9. The number of alkyl halides is 3. The van der Waals surface area contributed by atoms with Gasteiger partial charge >= 0.3 is 6.18 Å². The maximum atomic E-state index is 12.8. The molecule has 2 nitrogen and oxygen atoms in total. The Labute approximate surface area is 132 Å². The first-order chi connectivity index (χ1) is 9.77. The van der Waals surface area contributed by atoms with E-state index in [1.807, 2.05) is 0 Å². The van der Waals surface area contributed by atoms with Crippen LogP contribution in [0.4, 0.5) is 18.9 Å². The fraction of sp³-hybridized carbons (Fsp3) is 0.143. The van der Waals surface area contributed by atoms with Crippen LogP contribution in [0.2, 0.25) is 5.02 Å². The molecule has 2 rings (SSSR count). The molecule has 2 N–H and O–H groups in total. The molecular formula is C14H10BrClF3NO. The lowest BCUT2D eigenvalue weighted by molar-refractivity contribution is -0.137. The zero-order chi connectivity index (χ0) is 15.6. The van der Waals surface area contributed by atoms with Crippen molar-refractivity contribution in [1.82, 2.24) is 0 Å². The van der Waals surface area contributed by atoms with Gasteiger partial charge in [-0.3, -0.25) is 0 Å². The lowest BCUT2D eigenvalue weighted by Gasteiger charge is -2.13. The molecule has 0 aliphatic carbocycles. The van der Waals surface area contributed by atoms with Crippen LogP contribution in [0.5, 0.6) is 5.75 Å².